The largest absolute Gasteiger partial charge is 0.479 e. The van der Waals surface area contributed by atoms with Gasteiger partial charge in [-0.05, 0) is 57.7 Å². The predicted molar refractivity (Wildman–Crippen MR) is 214 cm³/mol. The quantitative estimate of drug-likeness (QED) is 0.0382. The molecular formula is C38H58ClN5O14. The van der Waals surface area contributed by atoms with Crippen LogP contribution < -0.4 is 37.4 Å². The number of alkyl carbamates (subject to hydrolysis) is 1. The van der Waals surface area contributed by atoms with Crippen molar-refractivity contribution in [3.8, 4) is 0 Å². The highest BCUT2D eigenvalue weighted by molar-refractivity contribution is 6.30. The Bertz CT molecular complexity index is 1650. The molecule has 2 rings (SSSR count). The normalized spacial score (nSPS) is 14.1. The van der Waals surface area contributed by atoms with E-state index in [0.29, 0.717) is 42.8 Å². The third-order valence-corrected chi connectivity index (χ3v) is 8.73. The van der Waals surface area contributed by atoms with E-state index in [4.69, 9.17) is 25.8 Å². The molecule has 0 bridgehead atoms. The van der Waals surface area contributed by atoms with Crippen LogP contribution in [0.15, 0.2) is 33.9 Å². The number of aliphatic hydroxyl groups is 4. The molecule has 0 aliphatic rings. The van der Waals surface area contributed by atoms with Crippen LogP contribution in [0.1, 0.15) is 64.9 Å². The first-order valence-corrected chi connectivity index (χ1v) is 19.4. The predicted octanol–water partition coefficient (Wildman–Crippen LogP) is 0.0302. The molecule has 19 nitrogen and oxygen atoms in total. The van der Waals surface area contributed by atoms with Crippen molar-refractivity contribution >= 4 is 46.9 Å². The van der Waals surface area contributed by atoms with Crippen molar-refractivity contribution < 1.29 is 58.9 Å². The highest BCUT2D eigenvalue weighted by Crippen LogP contribution is 2.17. The van der Waals surface area contributed by atoms with Gasteiger partial charge in [0.1, 0.15) is 23.6 Å². The fourth-order valence-corrected chi connectivity index (χ4v) is 5.57. The number of rotatable bonds is 29. The van der Waals surface area contributed by atoms with Gasteiger partial charge in [0.05, 0.1) is 44.0 Å². The summed E-state index contributed by atoms with van der Waals surface area (Å²) in [7, 11) is 0. The number of aliphatic carboxylic acids is 1. The summed E-state index contributed by atoms with van der Waals surface area (Å²) in [6, 6.07) is 5.28. The van der Waals surface area contributed by atoms with Gasteiger partial charge in [0.2, 0.25) is 11.8 Å². The van der Waals surface area contributed by atoms with Crippen LogP contribution in [0, 0.1) is 0 Å². The van der Waals surface area contributed by atoms with Crippen LogP contribution in [0.4, 0.5) is 16.2 Å². The molecule has 58 heavy (non-hydrogen) atoms. The molecule has 0 aliphatic carbocycles. The summed E-state index contributed by atoms with van der Waals surface area (Å²) in [5, 5.41) is 64.6. The molecule has 0 aromatic heterocycles. The number of hydrogen-bond acceptors (Lipinski definition) is 15. The van der Waals surface area contributed by atoms with E-state index in [1.54, 1.807) is 45.0 Å². The van der Waals surface area contributed by atoms with Gasteiger partial charge in [-0.1, -0.05) is 36.6 Å². The van der Waals surface area contributed by atoms with Crippen molar-refractivity contribution in [2.45, 2.75) is 102 Å². The Labute approximate surface area is 341 Å². The number of carbonyl (C=O) groups is 4. The van der Waals surface area contributed by atoms with E-state index in [1.807, 2.05) is 0 Å². The summed E-state index contributed by atoms with van der Waals surface area (Å²) in [6.07, 6.45) is -5.25. The first kappa shape index (κ1) is 49.8. The maximum Gasteiger partial charge on any atom is 0.407 e. The zero-order valence-corrected chi connectivity index (χ0v) is 33.8. The lowest BCUT2D eigenvalue weighted by Crippen LogP contribution is -2.50. The van der Waals surface area contributed by atoms with Crippen LogP contribution in [0.25, 0.3) is 0 Å². The van der Waals surface area contributed by atoms with Gasteiger partial charge in [0, 0.05) is 44.2 Å². The van der Waals surface area contributed by atoms with Crippen LogP contribution in [-0.2, 0) is 35.0 Å². The second kappa shape index (κ2) is 25.9. The smallest absolute Gasteiger partial charge is 0.407 e. The van der Waals surface area contributed by atoms with Crippen LogP contribution in [0.5, 0.6) is 0 Å². The molecule has 20 heteroatoms. The number of benzene rings is 1. The van der Waals surface area contributed by atoms with Gasteiger partial charge in [0.25, 0.3) is 10.9 Å². The number of halogens is 1. The molecule has 0 saturated carbocycles. The number of ether oxygens (including phenoxy) is 3. The number of aliphatic hydroxyl groups excluding tert-OH is 4. The Kier molecular flexibility index (Phi) is 22.2. The molecule has 2 aromatic rings. The summed E-state index contributed by atoms with van der Waals surface area (Å²) < 4.78 is 16.0. The summed E-state index contributed by atoms with van der Waals surface area (Å²) in [5.41, 5.74) is -0.833. The molecule has 1 unspecified atom stereocenters. The molecule has 326 valence electrons. The second-order valence-corrected chi connectivity index (χ2v) is 15.0. The number of carboxylic acids is 1. The van der Waals surface area contributed by atoms with Gasteiger partial charge in [-0.3, -0.25) is 19.2 Å². The average Bonchev–Trinajstić information content (AvgIpc) is 3.16. The zero-order valence-electron chi connectivity index (χ0n) is 33.1. The average molecular weight is 844 g/mol. The molecule has 0 spiro atoms. The van der Waals surface area contributed by atoms with Crippen LogP contribution in [0.3, 0.4) is 0 Å². The topological polar surface area (TPSA) is 291 Å². The van der Waals surface area contributed by atoms with E-state index in [-0.39, 0.29) is 57.3 Å². The Morgan fingerprint density at radius 1 is 0.759 bits per heavy atom. The van der Waals surface area contributed by atoms with Crippen molar-refractivity contribution in [1.29, 1.82) is 0 Å². The monoisotopic (exact) mass is 843 g/mol. The first-order valence-electron chi connectivity index (χ1n) is 19.1. The Morgan fingerprint density at radius 3 is 2.00 bits per heavy atom. The Morgan fingerprint density at radius 2 is 1.38 bits per heavy atom. The number of carbonyl (C=O) groups excluding carboxylic acids is 3. The third-order valence-electron chi connectivity index (χ3n) is 8.48. The van der Waals surface area contributed by atoms with Gasteiger partial charge in [0.15, 0.2) is 6.10 Å². The maximum atomic E-state index is 12.3. The summed E-state index contributed by atoms with van der Waals surface area (Å²) in [5.74, 6) is -2.73. The van der Waals surface area contributed by atoms with E-state index in [1.165, 1.54) is 0 Å². The maximum absolute atomic E-state index is 12.3. The molecule has 3 amide bonds. The fourth-order valence-electron chi connectivity index (χ4n) is 5.45. The Hall–Kier alpha value is -4.37. The zero-order chi connectivity index (χ0) is 43.3. The number of anilines is 2. The lowest BCUT2D eigenvalue weighted by molar-refractivity contribution is -0.153. The van der Waals surface area contributed by atoms with Crippen molar-refractivity contribution in [3.05, 3.63) is 55.3 Å². The first-order chi connectivity index (χ1) is 27.4. The third kappa shape index (κ3) is 19.4. The van der Waals surface area contributed by atoms with Gasteiger partial charge < -0.3 is 66.3 Å². The Balaban J connectivity index is 1.70. The minimum Gasteiger partial charge on any atom is -0.479 e. The SMILES string of the molecule is CC(C)(C)OC(=O)NCCOCCNc1c(NCCCCCCOC(C[C@H](O)[C@H](C[C@H](O)[C@H](O)CNC(=O)Cc2ccc(Cl)cc2)NC(=O)CO)C(=O)O)c(=O)c1=O. The summed E-state index contributed by atoms with van der Waals surface area (Å²) in [6.45, 7) is 5.32. The van der Waals surface area contributed by atoms with Gasteiger partial charge in [-0.15, -0.1) is 0 Å². The second-order valence-electron chi connectivity index (χ2n) is 14.5. The van der Waals surface area contributed by atoms with Crippen LogP contribution in [0.2, 0.25) is 5.02 Å². The lowest BCUT2D eigenvalue weighted by atomic mass is 9.96. The highest BCUT2D eigenvalue weighted by atomic mass is 35.5. The van der Waals surface area contributed by atoms with Gasteiger partial charge >= 0.3 is 12.1 Å². The van der Waals surface area contributed by atoms with Crippen molar-refractivity contribution in [2.24, 2.45) is 0 Å². The molecular weight excluding hydrogens is 786 g/mol. The van der Waals surface area contributed by atoms with Crippen LogP contribution in [-0.4, -0.2) is 138 Å². The van der Waals surface area contributed by atoms with Crippen molar-refractivity contribution in [2.75, 3.05) is 63.2 Å². The standard InChI is InChI=1S/C38H58ClN5O14/c1-38(2,3)58-37(55)42-14-17-56-16-13-41-33-32(34(51)35(33)52)40-12-6-4-5-7-15-57-29(36(53)54)20-26(46)25(44-31(50)22-45)19-27(47)28(48)21-43-30(49)18-23-8-10-24(39)11-9-23/h8-11,25-29,40-41,45-48H,4-7,12-22H2,1-3H3,(H,42,55)(H,43,49)(H,44,50)(H,53,54)/t25-,26-,27-,28+,29?/m0/s1. The number of amides is 3. The van der Waals surface area contributed by atoms with E-state index in [2.05, 4.69) is 26.6 Å². The van der Waals surface area contributed by atoms with Crippen molar-refractivity contribution in [3.63, 3.8) is 0 Å². The summed E-state index contributed by atoms with van der Waals surface area (Å²) in [4.78, 5) is 71.9. The molecule has 2 aromatic carbocycles. The molecule has 10 N–H and O–H groups in total. The molecule has 0 heterocycles. The van der Waals surface area contributed by atoms with E-state index >= 15 is 0 Å². The fraction of sp³-hybridized carbons (Fsp3) is 0.632. The highest BCUT2D eigenvalue weighted by Gasteiger charge is 2.32. The minimum atomic E-state index is -1.57. The number of nitrogens with one attached hydrogen (secondary N) is 5. The minimum absolute atomic E-state index is 0.0101. The van der Waals surface area contributed by atoms with Gasteiger partial charge in [-0.2, -0.15) is 0 Å². The van der Waals surface area contributed by atoms with E-state index in [0.717, 1.165) is 0 Å². The van der Waals surface area contributed by atoms with Crippen molar-refractivity contribution in [1.82, 2.24) is 16.0 Å². The molecule has 5 atom stereocenters. The lowest BCUT2D eigenvalue weighted by Gasteiger charge is -2.29. The molecule has 0 fully saturated rings. The number of hydrogen-bond donors (Lipinski definition) is 10. The number of unbranched alkanes of at least 4 members (excludes halogenated alkanes) is 3. The molecule has 0 aliphatic heterocycles. The molecule has 0 saturated heterocycles. The van der Waals surface area contributed by atoms with E-state index in [9.17, 15) is 54.3 Å². The summed E-state index contributed by atoms with van der Waals surface area (Å²) >= 11 is 5.85. The van der Waals surface area contributed by atoms with Crippen LogP contribution >= 0.6 is 11.6 Å². The number of carboxylic acid groups (broad SMARTS) is 1. The van der Waals surface area contributed by atoms with E-state index < -0.39 is 90.2 Å². The van der Waals surface area contributed by atoms with Gasteiger partial charge in [-0.25, -0.2) is 9.59 Å². The molecule has 0 radical (unpaired) electrons.